The van der Waals surface area contributed by atoms with Crippen LogP contribution in [0.25, 0.3) is 0 Å². The fourth-order valence-electron chi connectivity index (χ4n) is 2.17. The molecule has 0 aromatic heterocycles. The zero-order chi connectivity index (χ0) is 11.1. The van der Waals surface area contributed by atoms with Crippen LogP contribution in [0.2, 0.25) is 5.02 Å². The smallest absolute Gasteiger partial charge is 0.126 e. The van der Waals surface area contributed by atoms with Gasteiger partial charge in [-0.3, -0.25) is 0 Å². The van der Waals surface area contributed by atoms with Gasteiger partial charge in [-0.2, -0.15) is 0 Å². The van der Waals surface area contributed by atoms with E-state index in [1.165, 1.54) is 6.07 Å². The van der Waals surface area contributed by atoms with Crippen molar-refractivity contribution >= 4 is 11.6 Å². The number of halogens is 2. The molecule has 0 aliphatic heterocycles. The fraction of sp³-hybridized carbons (Fsp3) is 0.500. The van der Waals surface area contributed by atoms with Crippen LogP contribution in [0.5, 0.6) is 0 Å². The van der Waals surface area contributed by atoms with E-state index in [2.05, 4.69) is 0 Å². The van der Waals surface area contributed by atoms with Crippen LogP contribution < -0.4 is 0 Å². The Morgan fingerprint density at radius 3 is 2.60 bits per heavy atom. The Morgan fingerprint density at radius 2 is 2.13 bits per heavy atom. The highest BCUT2D eigenvalue weighted by Crippen LogP contribution is 2.46. The molecule has 82 valence electrons. The quantitative estimate of drug-likeness (QED) is 0.824. The second-order valence-corrected chi connectivity index (χ2v) is 4.78. The van der Waals surface area contributed by atoms with E-state index in [0.717, 1.165) is 24.8 Å². The standard InChI is InChI=1S/C12H14ClFO/c1-8-5-10(13)9(6-11(8)14)12(7-15)3-2-4-12/h5-6,15H,2-4,7H2,1H3. The maximum absolute atomic E-state index is 13.4. The molecule has 0 amide bonds. The number of hydrogen-bond donors (Lipinski definition) is 1. The topological polar surface area (TPSA) is 20.2 Å². The molecule has 1 aliphatic carbocycles. The van der Waals surface area contributed by atoms with Crippen LogP contribution in [0.1, 0.15) is 30.4 Å². The van der Waals surface area contributed by atoms with Gasteiger partial charge in [0, 0.05) is 10.4 Å². The summed E-state index contributed by atoms with van der Waals surface area (Å²) < 4.78 is 13.4. The van der Waals surface area contributed by atoms with Crippen molar-refractivity contribution in [1.29, 1.82) is 0 Å². The predicted molar refractivity (Wildman–Crippen MR) is 58.8 cm³/mol. The molecule has 1 saturated carbocycles. The maximum atomic E-state index is 13.4. The number of aliphatic hydroxyl groups excluding tert-OH is 1. The monoisotopic (exact) mass is 228 g/mol. The Bertz CT molecular complexity index is 380. The first kappa shape index (κ1) is 10.9. The highest BCUT2D eigenvalue weighted by Gasteiger charge is 2.39. The molecule has 1 aliphatic rings. The van der Waals surface area contributed by atoms with E-state index in [1.54, 1.807) is 13.0 Å². The van der Waals surface area contributed by atoms with Gasteiger partial charge in [0.1, 0.15) is 5.82 Å². The fourth-order valence-corrected chi connectivity index (χ4v) is 2.59. The van der Waals surface area contributed by atoms with Crippen molar-refractivity contribution in [1.82, 2.24) is 0 Å². The molecule has 0 atom stereocenters. The first-order valence-corrected chi connectivity index (χ1v) is 5.54. The maximum Gasteiger partial charge on any atom is 0.126 e. The lowest BCUT2D eigenvalue weighted by Crippen LogP contribution is -2.38. The van der Waals surface area contributed by atoms with Gasteiger partial charge in [-0.15, -0.1) is 0 Å². The molecule has 2 rings (SSSR count). The Labute approximate surface area is 93.9 Å². The summed E-state index contributed by atoms with van der Waals surface area (Å²) in [5, 5.41) is 9.97. The molecular formula is C12H14ClFO. The van der Waals surface area contributed by atoms with Crippen LogP contribution in [0.15, 0.2) is 12.1 Å². The van der Waals surface area contributed by atoms with Crippen molar-refractivity contribution in [2.45, 2.75) is 31.6 Å². The SMILES string of the molecule is Cc1cc(Cl)c(C2(CO)CCC2)cc1F. The van der Waals surface area contributed by atoms with Gasteiger partial charge in [0.05, 0.1) is 6.61 Å². The summed E-state index contributed by atoms with van der Waals surface area (Å²) >= 11 is 6.10. The molecule has 1 nitrogen and oxygen atoms in total. The highest BCUT2D eigenvalue weighted by atomic mass is 35.5. The zero-order valence-corrected chi connectivity index (χ0v) is 9.44. The lowest BCUT2D eigenvalue weighted by molar-refractivity contribution is 0.120. The minimum Gasteiger partial charge on any atom is -0.395 e. The van der Waals surface area contributed by atoms with Crippen LogP contribution in [0.3, 0.4) is 0 Å². The second kappa shape index (κ2) is 3.76. The van der Waals surface area contributed by atoms with Gasteiger partial charge in [-0.05, 0) is 43.0 Å². The minimum absolute atomic E-state index is 0.0508. The molecule has 3 heteroatoms. The van der Waals surface area contributed by atoms with Gasteiger partial charge in [-0.25, -0.2) is 4.39 Å². The summed E-state index contributed by atoms with van der Waals surface area (Å²) in [7, 11) is 0. The van der Waals surface area contributed by atoms with Crippen molar-refractivity contribution in [3.63, 3.8) is 0 Å². The molecule has 0 radical (unpaired) electrons. The largest absolute Gasteiger partial charge is 0.395 e. The third kappa shape index (κ3) is 1.66. The van der Waals surface area contributed by atoms with Gasteiger partial charge in [0.25, 0.3) is 0 Å². The highest BCUT2D eigenvalue weighted by molar-refractivity contribution is 6.31. The summed E-state index contributed by atoms with van der Waals surface area (Å²) in [5.74, 6) is -0.242. The summed E-state index contributed by atoms with van der Waals surface area (Å²) in [5.41, 5.74) is 1.03. The summed E-state index contributed by atoms with van der Waals surface area (Å²) in [6.45, 7) is 1.74. The average molecular weight is 229 g/mol. The van der Waals surface area contributed by atoms with E-state index in [9.17, 15) is 9.50 Å². The molecule has 0 spiro atoms. The Kier molecular flexibility index (Phi) is 2.73. The van der Waals surface area contributed by atoms with Crippen molar-refractivity contribution in [2.75, 3.05) is 6.61 Å². The molecule has 0 heterocycles. The Hall–Kier alpha value is -0.600. The lowest BCUT2D eigenvalue weighted by Gasteiger charge is -2.41. The van der Waals surface area contributed by atoms with Gasteiger partial charge >= 0.3 is 0 Å². The van der Waals surface area contributed by atoms with Gasteiger partial charge in [0.2, 0.25) is 0 Å². The first-order valence-electron chi connectivity index (χ1n) is 5.16. The number of hydrogen-bond acceptors (Lipinski definition) is 1. The van der Waals surface area contributed by atoms with Crippen LogP contribution in [-0.2, 0) is 5.41 Å². The number of benzene rings is 1. The van der Waals surface area contributed by atoms with Crippen molar-refractivity contribution in [3.05, 3.63) is 34.1 Å². The molecule has 1 fully saturated rings. The number of rotatable bonds is 2. The normalized spacial score (nSPS) is 18.7. The van der Waals surface area contributed by atoms with Gasteiger partial charge in [-0.1, -0.05) is 18.0 Å². The van der Waals surface area contributed by atoms with Gasteiger partial charge in [0.15, 0.2) is 0 Å². The van der Waals surface area contributed by atoms with Gasteiger partial charge < -0.3 is 5.11 Å². The molecule has 15 heavy (non-hydrogen) atoms. The van der Waals surface area contributed by atoms with Crippen LogP contribution in [-0.4, -0.2) is 11.7 Å². The van der Waals surface area contributed by atoms with Crippen molar-refractivity contribution in [2.24, 2.45) is 0 Å². The Balaban J connectivity index is 2.47. The molecule has 0 saturated heterocycles. The van der Waals surface area contributed by atoms with E-state index in [-0.39, 0.29) is 17.8 Å². The first-order chi connectivity index (χ1) is 7.09. The van der Waals surface area contributed by atoms with Crippen molar-refractivity contribution in [3.8, 4) is 0 Å². The van der Waals surface area contributed by atoms with E-state index in [1.807, 2.05) is 0 Å². The average Bonchev–Trinajstić information content (AvgIpc) is 2.12. The van der Waals surface area contributed by atoms with E-state index < -0.39 is 0 Å². The molecule has 0 bridgehead atoms. The Morgan fingerprint density at radius 1 is 1.47 bits per heavy atom. The molecule has 1 N–H and O–H groups in total. The zero-order valence-electron chi connectivity index (χ0n) is 8.69. The molecule has 1 aromatic rings. The summed E-state index contributed by atoms with van der Waals surface area (Å²) in [6, 6.07) is 3.12. The summed E-state index contributed by atoms with van der Waals surface area (Å²) in [6.07, 6.45) is 2.86. The van der Waals surface area contributed by atoms with E-state index >= 15 is 0 Å². The lowest BCUT2D eigenvalue weighted by atomic mass is 9.65. The number of aryl methyl sites for hydroxylation is 1. The number of aliphatic hydroxyl groups is 1. The van der Waals surface area contributed by atoms with E-state index in [4.69, 9.17) is 11.6 Å². The van der Waals surface area contributed by atoms with E-state index in [0.29, 0.717) is 10.6 Å². The van der Waals surface area contributed by atoms with Crippen LogP contribution in [0.4, 0.5) is 4.39 Å². The van der Waals surface area contributed by atoms with Crippen LogP contribution >= 0.6 is 11.6 Å². The summed E-state index contributed by atoms with van der Waals surface area (Å²) in [4.78, 5) is 0. The predicted octanol–water partition coefficient (Wildman–Crippen LogP) is 3.20. The second-order valence-electron chi connectivity index (χ2n) is 4.37. The molecule has 0 unspecified atom stereocenters. The van der Waals surface area contributed by atoms with Crippen LogP contribution in [0, 0.1) is 12.7 Å². The third-order valence-electron chi connectivity index (χ3n) is 3.43. The van der Waals surface area contributed by atoms with Crippen molar-refractivity contribution < 1.29 is 9.50 Å². The molecule has 1 aromatic carbocycles. The minimum atomic E-state index is -0.286. The molecular weight excluding hydrogens is 215 g/mol. The third-order valence-corrected chi connectivity index (χ3v) is 3.75.